The van der Waals surface area contributed by atoms with Gasteiger partial charge in [-0.15, -0.1) is 0 Å². The maximum atomic E-state index is 12.3. The molecule has 100 valence electrons. The third-order valence-corrected chi connectivity index (χ3v) is 6.09. The quantitative estimate of drug-likeness (QED) is 0.735. The zero-order chi connectivity index (χ0) is 13.2. The van der Waals surface area contributed by atoms with Crippen LogP contribution in [-0.4, -0.2) is 13.7 Å². The summed E-state index contributed by atoms with van der Waals surface area (Å²) in [6, 6.07) is 7.24. The standard InChI is InChI=1S/C15H22O2S/c1-3-4-5-6-13-11-15(13)18(16,17)14-9-7-12(2)8-10-14/h7-10,13,15H,3-6,11H2,1-2H3/t13-,15+/m1/s1. The molecule has 0 amide bonds. The van der Waals surface area contributed by atoms with Crippen LogP contribution in [0.2, 0.25) is 0 Å². The summed E-state index contributed by atoms with van der Waals surface area (Å²) in [6.45, 7) is 4.15. The Morgan fingerprint density at radius 2 is 1.83 bits per heavy atom. The van der Waals surface area contributed by atoms with E-state index in [0.29, 0.717) is 10.8 Å². The van der Waals surface area contributed by atoms with Crippen molar-refractivity contribution in [1.82, 2.24) is 0 Å². The number of hydrogen-bond acceptors (Lipinski definition) is 2. The van der Waals surface area contributed by atoms with Crippen molar-refractivity contribution >= 4 is 9.84 Å². The lowest BCUT2D eigenvalue weighted by molar-refractivity contribution is 0.582. The molecule has 0 saturated heterocycles. The molecule has 1 aliphatic carbocycles. The Hall–Kier alpha value is -0.830. The second-order valence-electron chi connectivity index (χ2n) is 5.39. The first-order valence-electron chi connectivity index (χ1n) is 6.86. The van der Waals surface area contributed by atoms with Crippen LogP contribution < -0.4 is 0 Å². The van der Waals surface area contributed by atoms with Crippen molar-refractivity contribution < 1.29 is 8.42 Å². The molecule has 0 heterocycles. The molecule has 0 radical (unpaired) electrons. The third kappa shape index (κ3) is 2.94. The van der Waals surface area contributed by atoms with E-state index in [-0.39, 0.29) is 5.25 Å². The molecular formula is C15H22O2S. The van der Waals surface area contributed by atoms with Gasteiger partial charge in [0.15, 0.2) is 9.84 Å². The van der Waals surface area contributed by atoms with Crippen molar-refractivity contribution in [2.75, 3.05) is 0 Å². The third-order valence-electron chi connectivity index (χ3n) is 3.78. The summed E-state index contributed by atoms with van der Waals surface area (Å²) in [5.41, 5.74) is 1.10. The maximum Gasteiger partial charge on any atom is 0.181 e. The minimum absolute atomic E-state index is 0.114. The smallest absolute Gasteiger partial charge is 0.181 e. The highest BCUT2D eigenvalue weighted by atomic mass is 32.2. The first-order chi connectivity index (χ1) is 8.55. The molecule has 0 aliphatic heterocycles. The molecule has 1 aromatic carbocycles. The van der Waals surface area contributed by atoms with Gasteiger partial charge in [-0.05, 0) is 37.8 Å². The van der Waals surface area contributed by atoms with E-state index in [0.717, 1.165) is 18.4 Å². The fraction of sp³-hybridized carbons (Fsp3) is 0.600. The predicted octanol–water partition coefficient (Wildman–Crippen LogP) is 3.74. The van der Waals surface area contributed by atoms with Crippen molar-refractivity contribution in [3.05, 3.63) is 29.8 Å². The molecule has 3 heteroatoms. The molecule has 2 rings (SSSR count). The van der Waals surface area contributed by atoms with E-state index < -0.39 is 9.84 Å². The molecule has 1 fully saturated rings. The molecule has 0 bridgehead atoms. The van der Waals surface area contributed by atoms with Crippen LogP contribution in [0.1, 0.15) is 44.6 Å². The molecule has 2 atom stereocenters. The van der Waals surface area contributed by atoms with Gasteiger partial charge in [0.25, 0.3) is 0 Å². The average molecular weight is 266 g/mol. The highest BCUT2D eigenvalue weighted by molar-refractivity contribution is 7.92. The van der Waals surface area contributed by atoms with Crippen molar-refractivity contribution in [2.24, 2.45) is 5.92 Å². The monoisotopic (exact) mass is 266 g/mol. The van der Waals surface area contributed by atoms with Crippen LogP contribution in [0.15, 0.2) is 29.2 Å². The lowest BCUT2D eigenvalue weighted by atomic mass is 10.1. The Morgan fingerprint density at radius 1 is 1.17 bits per heavy atom. The molecule has 18 heavy (non-hydrogen) atoms. The van der Waals surface area contributed by atoms with Crippen LogP contribution in [0.3, 0.4) is 0 Å². The molecule has 0 aromatic heterocycles. The van der Waals surface area contributed by atoms with E-state index in [4.69, 9.17) is 0 Å². The number of hydrogen-bond donors (Lipinski definition) is 0. The van der Waals surface area contributed by atoms with Gasteiger partial charge in [-0.25, -0.2) is 8.42 Å². The van der Waals surface area contributed by atoms with E-state index in [1.54, 1.807) is 12.1 Å². The lowest BCUT2D eigenvalue weighted by Crippen LogP contribution is -2.09. The Balaban J connectivity index is 1.99. The van der Waals surface area contributed by atoms with E-state index >= 15 is 0 Å². The summed E-state index contributed by atoms with van der Waals surface area (Å²) in [4.78, 5) is 0.496. The Kier molecular flexibility index (Phi) is 4.10. The van der Waals surface area contributed by atoms with Crippen LogP contribution in [0.5, 0.6) is 0 Å². The minimum atomic E-state index is -3.07. The molecule has 0 N–H and O–H groups in total. The first kappa shape index (κ1) is 13.6. The van der Waals surface area contributed by atoms with E-state index in [9.17, 15) is 8.42 Å². The highest BCUT2D eigenvalue weighted by Crippen LogP contribution is 2.43. The number of sulfone groups is 1. The van der Waals surface area contributed by atoms with Gasteiger partial charge in [-0.1, -0.05) is 43.9 Å². The minimum Gasteiger partial charge on any atom is -0.223 e. The second kappa shape index (κ2) is 5.43. The van der Waals surface area contributed by atoms with E-state index in [1.807, 2.05) is 19.1 Å². The van der Waals surface area contributed by atoms with Crippen LogP contribution in [0.25, 0.3) is 0 Å². The summed E-state index contributed by atoms with van der Waals surface area (Å²) in [6.07, 6.45) is 5.51. The van der Waals surface area contributed by atoms with Gasteiger partial charge in [0.1, 0.15) is 0 Å². The van der Waals surface area contributed by atoms with Crippen molar-refractivity contribution in [2.45, 2.75) is 56.1 Å². The largest absolute Gasteiger partial charge is 0.223 e. The summed E-state index contributed by atoms with van der Waals surface area (Å²) >= 11 is 0. The van der Waals surface area contributed by atoms with E-state index in [1.165, 1.54) is 19.3 Å². The first-order valence-corrected chi connectivity index (χ1v) is 8.41. The molecular weight excluding hydrogens is 244 g/mol. The number of rotatable bonds is 6. The molecule has 0 unspecified atom stereocenters. The van der Waals surface area contributed by atoms with Crippen molar-refractivity contribution in [3.63, 3.8) is 0 Å². The fourth-order valence-electron chi connectivity index (χ4n) is 2.46. The maximum absolute atomic E-state index is 12.3. The zero-order valence-electron chi connectivity index (χ0n) is 11.2. The molecule has 0 spiro atoms. The van der Waals surface area contributed by atoms with Crippen LogP contribution in [0, 0.1) is 12.8 Å². The summed E-state index contributed by atoms with van der Waals surface area (Å²) in [5.74, 6) is 0.405. The second-order valence-corrected chi connectivity index (χ2v) is 7.55. The summed E-state index contributed by atoms with van der Waals surface area (Å²) < 4.78 is 24.7. The zero-order valence-corrected chi connectivity index (χ0v) is 12.0. The van der Waals surface area contributed by atoms with Crippen LogP contribution >= 0.6 is 0 Å². The Bertz CT molecular complexity index is 488. The highest BCUT2D eigenvalue weighted by Gasteiger charge is 2.46. The van der Waals surface area contributed by atoms with Crippen molar-refractivity contribution in [1.29, 1.82) is 0 Å². The van der Waals surface area contributed by atoms with Crippen molar-refractivity contribution in [3.8, 4) is 0 Å². The topological polar surface area (TPSA) is 34.1 Å². The van der Waals surface area contributed by atoms with Gasteiger partial charge in [0.2, 0.25) is 0 Å². The molecule has 1 saturated carbocycles. The molecule has 1 aliphatic rings. The average Bonchev–Trinajstić information content (AvgIpc) is 3.10. The Labute approximate surface area is 110 Å². The van der Waals surface area contributed by atoms with Gasteiger partial charge < -0.3 is 0 Å². The Morgan fingerprint density at radius 3 is 2.44 bits per heavy atom. The SMILES string of the molecule is CCCCC[C@@H]1C[C@@H]1S(=O)(=O)c1ccc(C)cc1. The number of unbranched alkanes of at least 4 members (excludes halogenated alkanes) is 2. The van der Waals surface area contributed by atoms with Gasteiger partial charge in [0.05, 0.1) is 10.1 Å². The lowest BCUT2D eigenvalue weighted by Gasteiger charge is -2.04. The van der Waals surface area contributed by atoms with Gasteiger partial charge in [-0.3, -0.25) is 0 Å². The van der Waals surface area contributed by atoms with Gasteiger partial charge >= 0.3 is 0 Å². The van der Waals surface area contributed by atoms with Crippen LogP contribution in [0.4, 0.5) is 0 Å². The van der Waals surface area contributed by atoms with Gasteiger partial charge in [0, 0.05) is 0 Å². The number of benzene rings is 1. The van der Waals surface area contributed by atoms with Gasteiger partial charge in [-0.2, -0.15) is 0 Å². The number of aryl methyl sites for hydroxylation is 1. The molecule has 1 aromatic rings. The summed E-state index contributed by atoms with van der Waals surface area (Å²) in [5, 5.41) is -0.114. The fourth-order valence-corrected chi connectivity index (χ4v) is 4.47. The molecule has 2 nitrogen and oxygen atoms in total. The normalized spacial score (nSPS) is 23.0. The van der Waals surface area contributed by atoms with E-state index in [2.05, 4.69) is 6.92 Å². The van der Waals surface area contributed by atoms with Crippen LogP contribution in [-0.2, 0) is 9.84 Å². The summed E-state index contributed by atoms with van der Waals surface area (Å²) in [7, 11) is -3.07. The predicted molar refractivity (Wildman–Crippen MR) is 74.4 cm³/mol.